The number of rotatable bonds is 7. The van der Waals surface area contributed by atoms with E-state index in [4.69, 9.17) is 23.2 Å². The third-order valence-corrected chi connectivity index (χ3v) is 5.57. The van der Waals surface area contributed by atoms with E-state index in [1.54, 1.807) is 12.1 Å². The predicted molar refractivity (Wildman–Crippen MR) is 111 cm³/mol. The number of thiazole rings is 1. The van der Waals surface area contributed by atoms with Crippen molar-refractivity contribution in [3.8, 4) is 0 Å². The van der Waals surface area contributed by atoms with Gasteiger partial charge in [0.25, 0.3) is 0 Å². The summed E-state index contributed by atoms with van der Waals surface area (Å²) in [6.07, 6.45) is 0. The number of aliphatic hydroxyl groups excluding tert-OH is 2. The van der Waals surface area contributed by atoms with Gasteiger partial charge >= 0.3 is 0 Å². The number of hydrogen-bond donors (Lipinski definition) is 2. The van der Waals surface area contributed by atoms with Crippen LogP contribution in [0.25, 0.3) is 10.2 Å². The topological polar surface area (TPSA) is 81.3 Å². The van der Waals surface area contributed by atoms with E-state index < -0.39 is 0 Å². The number of aryl methyl sites for hydroxylation is 1. The minimum absolute atomic E-state index is 0.0200. The van der Waals surface area contributed by atoms with Gasteiger partial charge in [0.2, 0.25) is 5.13 Å². The van der Waals surface area contributed by atoms with Gasteiger partial charge in [-0.3, -0.25) is 0 Å². The molecule has 142 valence electrons. The molecule has 0 radical (unpaired) electrons. The lowest BCUT2D eigenvalue weighted by Crippen LogP contribution is -2.29. The molecule has 3 rings (SSSR count). The van der Waals surface area contributed by atoms with Gasteiger partial charge in [-0.2, -0.15) is 0 Å². The SMILES string of the molecule is Cc1cc(N(CCO)CCO)ccc1N=Nc1nc2cc(Cl)c(Cl)cc2s1. The second kappa shape index (κ2) is 8.95. The summed E-state index contributed by atoms with van der Waals surface area (Å²) in [5.74, 6) is 0. The Labute approximate surface area is 170 Å². The molecule has 0 bridgehead atoms. The highest BCUT2D eigenvalue weighted by molar-refractivity contribution is 7.22. The highest BCUT2D eigenvalue weighted by atomic mass is 35.5. The van der Waals surface area contributed by atoms with Gasteiger partial charge in [0, 0.05) is 18.8 Å². The zero-order chi connectivity index (χ0) is 19.4. The molecule has 0 atom stereocenters. The smallest absolute Gasteiger partial charge is 0.231 e. The van der Waals surface area contributed by atoms with E-state index in [-0.39, 0.29) is 13.2 Å². The zero-order valence-electron chi connectivity index (χ0n) is 14.6. The zero-order valence-corrected chi connectivity index (χ0v) is 16.9. The molecule has 0 aliphatic heterocycles. The van der Waals surface area contributed by atoms with Crippen molar-refractivity contribution in [1.82, 2.24) is 4.98 Å². The molecular weight excluding hydrogens is 407 g/mol. The standard InChI is InChI=1S/C18H18Cl2N4O2S/c1-11-8-12(24(4-6-25)5-7-26)2-3-15(11)22-23-18-21-16-9-13(19)14(20)10-17(16)27-18/h2-3,8-10,25-26H,4-7H2,1H3. The molecule has 2 aromatic carbocycles. The van der Waals surface area contributed by atoms with Crippen molar-refractivity contribution in [2.75, 3.05) is 31.2 Å². The van der Waals surface area contributed by atoms with Crippen LogP contribution in [0, 0.1) is 6.92 Å². The van der Waals surface area contributed by atoms with Gasteiger partial charge < -0.3 is 15.1 Å². The van der Waals surface area contributed by atoms with Gasteiger partial charge in [-0.1, -0.05) is 34.5 Å². The Balaban J connectivity index is 1.82. The van der Waals surface area contributed by atoms with Crippen molar-refractivity contribution in [2.24, 2.45) is 10.2 Å². The quantitative estimate of drug-likeness (QED) is 0.515. The van der Waals surface area contributed by atoms with Crippen LogP contribution in [0.4, 0.5) is 16.5 Å². The lowest BCUT2D eigenvalue weighted by atomic mass is 10.1. The second-order valence-corrected chi connectivity index (χ2v) is 7.66. The van der Waals surface area contributed by atoms with Crippen LogP contribution in [-0.4, -0.2) is 41.5 Å². The highest BCUT2D eigenvalue weighted by Crippen LogP contribution is 2.35. The fraction of sp³-hybridized carbons (Fsp3) is 0.278. The van der Waals surface area contributed by atoms with Crippen LogP contribution in [-0.2, 0) is 0 Å². The van der Waals surface area contributed by atoms with Crippen LogP contribution < -0.4 is 4.90 Å². The minimum atomic E-state index is 0.0200. The molecule has 0 saturated heterocycles. The number of halogens is 2. The maximum absolute atomic E-state index is 9.17. The van der Waals surface area contributed by atoms with Gasteiger partial charge in [-0.05, 0) is 42.8 Å². The predicted octanol–water partition coefficient (Wildman–Crippen LogP) is 5.12. The van der Waals surface area contributed by atoms with Gasteiger partial charge in [0.15, 0.2) is 0 Å². The van der Waals surface area contributed by atoms with Crippen molar-refractivity contribution in [3.63, 3.8) is 0 Å². The average molecular weight is 425 g/mol. The second-order valence-electron chi connectivity index (χ2n) is 5.84. The van der Waals surface area contributed by atoms with Crippen LogP contribution >= 0.6 is 34.5 Å². The number of hydrogen-bond acceptors (Lipinski definition) is 7. The number of anilines is 1. The van der Waals surface area contributed by atoms with Crippen LogP contribution in [0.3, 0.4) is 0 Å². The fourth-order valence-electron chi connectivity index (χ4n) is 2.61. The van der Waals surface area contributed by atoms with Crippen molar-refractivity contribution in [1.29, 1.82) is 0 Å². The van der Waals surface area contributed by atoms with Crippen LogP contribution in [0.15, 0.2) is 40.6 Å². The Hall–Kier alpha value is -1.77. The molecule has 0 saturated carbocycles. The van der Waals surface area contributed by atoms with E-state index in [0.717, 1.165) is 27.2 Å². The van der Waals surface area contributed by atoms with Gasteiger partial charge in [0.1, 0.15) is 0 Å². The Kier molecular flexibility index (Phi) is 6.62. The van der Waals surface area contributed by atoms with Gasteiger partial charge in [-0.15, -0.1) is 10.2 Å². The number of aromatic nitrogens is 1. The van der Waals surface area contributed by atoms with Crippen molar-refractivity contribution in [3.05, 3.63) is 45.9 Å². The molecule has 0 fully saturated rings. The summed E-state index contributed by atoms with van der Waals surface area (Å²) in [5.41, 5.74) is 3.31. The molecular formula is C18H18Cl2N4O2S. The molecule has 1 aromatic heterocycles. The van der Waals surface area contributed by atoms with E-state index >= 15 is 0 Å². The summed E-state index contributed by atoms with van der Waals surface area (Å²) in [7, 11) is 0. The first-order valence-electron chi connectivity index (χ1n) is 8.26. The largest absolute Gasteiger partial charge is 0.395 e. The maximum atomic E-state index is 9.17. The summed E-state index contributed by atoms with van der Waals surface area (Å²) in [4.78, 5) is 6.32. The Morgan fingerprint density at radius 2 is 1.74 bits per heavy atom. The average Bonchev–Trinajstić information content (AvgIpc) is 3.02. The third kappa shape index (κ3) is 4.75. The molecule has 0 spiro atoms. The lowest BCUT2D eigenvalue weighted by Gasteiger charge is -2.23. The molecule has 2 N–H and O–H groups in total. The fourth-order valence-corrected chi connectivity index (χ4v) is 3.81. The Bertz CT molecular complexity index is 932. The van der Waals surface area contributed by atoms with Crippen molar-refractivity contribution in [2.45, 2.75) is 6.92 Å². The number of benzene rings is 2. The molecule has 0 unspecified atom stereocenters. The Morgan fingerprint density at radius 3 is 2.41 bits per heavy atom. The lowest BCUT2D eigenvalue weighted by molar-refractivity contribution is 0.281. The van der Waals surface area contributed by atoms with Crippen LogP contribution in [0.5, 0.6) is 0 Å². The van der Waals surface area contributed by atoms with Crippen molar-refractivity contribution < 1.29 is 10.2 Å². The van der Waals surface area contributed by atoms with E-state index in [2.05, 4.69) is 15.2 Å². The molecule has 0 aliphatic rings. The molecule has 6 nitrogen and oxygen atoms in total. The molecule has 9 heteroatoms. The Morgan fingerprint density at radius 1 is 1.04 bits per heavy atom. The molecule has 0 amide bonds. The minimum Gasteiger partial charge on any atom is -0.395 e. The number of aliphatic hydroxyl groups is 2. The molecule has 3 aromatic rings. The summed E-state index contributed by atoms with van der Waals surface area (Å²) in [6.45, 7) is 2.89. The van der Waals surface area contributed by atoms with E-state index in [9.17, 15) is 10.2 Å². The van der Waals surface area contributed by atoms with Crippen LogP contribution in [0.1, 0.15) is 5.56 Å². The molecule has 1 heterocycles. The molecule has 0 aliphatic carbocycles. The first kappa shape index (κ1) is 20.0. The highest BCUT2D eigenvalue weighted by Gasteiger charge is 2.09. The number of nitrogens with zero attached hydrogens (tertiary/aromatic N) is 4. The van der Waals surface area contributed by atoms with Crippen molar-refractivity contribution >= 4 is 61.3 Å². The van der Waals surface area contributed by atoms with Gasteiger partial charge in [0.05, 0.1) is 39.2 Å². The summed E-state index contributed by atoms with van der Waals surface area (Å²) >= 11 is 13.4. The van der Waals surface area contributed by atoms with E-state index in [1.807, 2.05) is 30.0 Å². The normalized spacial score (nSPS) is 11.6. The van der Waals surface area contributed by atoms with Gasteiger partial charge in [-0.25, -0.2) is 4.98 Å². The number of fused-ring (bicyclic) bond motifs is 1. The summed E-state index contributed by atoms with van der Waals surface area (Å²) < 4.78 is 0.897. The summed E-state index contributed by atoms with van der Waals surface area (Å²) in [5, 5.41) is 28.3. The molecule has 27 heavy (non-hydrogen) atoms. The monoisotopic (exact) mass is 424 g/mol. The van der Waals surface area contributed by atoms with Crippen LogP contribution in [0.2, 0.25) is 10.0 Å². The summed E-state index contributed by atoms with van der Waals surface area (Å²) in [6, 6.07) is 9.19. The number of azo groups is 1. The first-order chi connectivity index (χ1) is 13.0. The van der Waals surface area contributed by atoms with E-state index in [1.165, 1.54) is 11.3 Å². The maximum Gasteiger partial charge on any atom is 0.231 e. The third-order valence-electron chi connectivity index (χ3n) is 3.95. The first-order valence-corrected chi connectivity index (χ1v) is 9.83. The van der Waals surface area contributed by atoms with E-state index in [0.29, 0.717) is 28.3 Å².